The van der Waals surface area contributed by atoms with Crippen LogP contribution in [0.3, 0.4) is 0 Å². The first-order chi connectivity index (χ1) is 17.0. The molecule has 2 aromatic carbocycles. The largest absolute Gasteiger partial charge is 0.371 e. The van der Waals surface area contributed by atoms with Crippen molar-refractivity contribution in [2.24, 2.45) is 0 Å². The Kier molecular flexibility index (Phi) is 10.6. The van der Waals surface area contributed by atoms with Crippen LogP contribution in [-0.2, 0) is 6.42 Å². The van der Waals surface area contributed by atoms with Gasteiger partial charge in [0.05, 0.1) is 5.56 Å². The van der Waals surface area contributed by atoms with Gasteiger partial charge in [0, 0.05) is 36.6 Å². The number of aryl methyl sites for hydroxylation is 1. The number of hydrogen-bond acceptors (Lipinski definition) is 4. The van der Waals surface area contributed by atoms with Gasteiger partial charge in [-0.05, 0) is 88.6 Å². The second-order valence-electron chi connectivity index (χ2n) is 9.80. The Morgan fingerprint density at radius 3 is 2.34 bits per heavy atom. The first-order valence-corrected chi connectivity index (χ1v) is 13.2. The Morgan fingerprint density at radius 2 is 1.66 bits per heavy atom. The van der Waals surface area contributed by atoms with Crippen molar-refractivity contribution >= 4 is 23.2 Å². The highest BCUT2D eigenvalue weighted by Crippen LogP contribution is 2.28. The third-order valence-electron chi connectivity index (χ3n) is 6.55. The van der Waals surface area contributed by atoms with Crippen LogP contribution >= 0.6 is 0 Å². The molecular formula is C29H42N4O2. The average molecular weight is 479 g/mol. The van der Waals surface area contributed by atoms with Gasteiger partial charge in [0.15, 0.2) is 0 Å². The fourth-order valence-corrected chi connectivity index (χ4v) is 4.50. The van der Waals surface area contributed by atoms with Gasteiger partial charge in [-0.1, -0.05) is 38.3 Å². The van der Waals surface area contributed by atoms with Gasteiger partial charge in [-0.15, -0.1) is 0 Å². The van der Waals surface area contributed by atoms with Crippen LogP contribution in [0, 0.1) is 0 Å². The molecule has 0 atom stereocenters. The SMILES string of the molecule is CCCCCCc1ccc(C(=O)Nc2ccc(N3CCCC3)c(C(=O)NCCCN(C)C)c2)cc1. The predicted molar refractivity (Wildman–Crippen MR) is 146 cm³/mol. The zero-order chi connectivity index (χ0) is 25.0. The molecule has 0 aromatic heterocycles. The van der Waals surface area contributed by atoms with Gasteiger partial charge in [-0.3, -0.25) is 9.59 Å². The molecule has 1 aliphatic heterocycles. The molecule has 0 aliphatic carbocycles. The van der Waals surface area contributed by atoms with Crippen LogP contribution in [0.25, 0.3) is 0 Å². The summed E-state index contributed by atoms with van der Waals surface area (Å²) in [5.74, 6) is -0.247. The molecule has 3 rings (SSSR count). The molecule has 6 nitrogen and oxygen atoms in total. The lowest BCUT2D eigenvalue weighted by Gasteiger charge is -2.22. The van der Waals surface area contributed by atoms with Gasteiger partial charge in [0.25, 0.3) is 11.8 Å². The van der Waals surface area contributed by atoms with E-state index in [0.717, 1.165) is 51.0 Å². The number of unbranched alkanes of at least 4 members (excludes halogenated alkanes) is 3. The molecule has 6 heteroatoms. The Morgan fingerprint density at radius 1 is 0.914 bits per heavy atom. The Bertz CT molecular complexity index is 950. The maximum absolute atomic E-state index is 13.1. The molecule has 1 fully saturated rings. The van der Waals surface area contributed by atoms with Gasteiger partial charge in [0.1, 0.15) is 0 Å². The van der Waals surface area contributed by atoms with Crippen LogP contribution < -0.4 is 15.5 Å². The van der Waals surface area contributed by atoms with Crippen molar-refractivity contribution in [3.63, 3.8) is 0 Å². The van der Waals surface area contributed by atoms with Crippen molar-refractivity contribution in [2.75, 3.05) is 50.5 Å². The molecule has 0 saturated carbocycles. The lowest BCUT2D eigenvalue weighted by Crippen LogP contribution is -2.29. The third-order valence-corrected chi connectivity index (χ3v) is 6.55. The molecule has 1 heterocycles. The van der Waals surface area contributed by atoms with Crippen LogP contribution in [0.4, 0.5) is 11.4 Å². The summed E-state index contributed by atoms with van der Waals surface area (Å²) in [6.45, 7) is 5.68. The van der Waals surface area contributed by atoms with Crippen molar-refractivity contribution in [2.45, 2.75) is 58.3 Å². The van der Waals surface area contributed by atoms with Gasteiger partial charge < -0.3 is 20.4 Å². The second kappa shape index (κ2) is 13.9. The first kappa shape index (κ1) is 26.7. The number of benzene rings is 2. The molecule has 0 radical (unpaired) electrons. The quantitative estimate of drug-likeness (QED) is 0.381. The number of carbonyl (C=O) groups excluding carboxylic acids is 2. The molecule has 2 aromatic rings. The maximum Gasteiger partial charge on any atom is 0.255 e. The van der Waals surface area contributed by atoms with Crippen molar-refractivity contribution < 1.29 is 9.59 Å². The molecule has 190 valence electrons. The predicted octanol–water partition coefficient (Wildman–Crippen LogP) is 5.34. The van der Waals surface area contributed by atoms with Gasteiger partial charge in [-0.25, -0.2) is 0 Å². The number of rotatable bonds is 13. The molecule has 2 amide bonds. The van der Waals surface area contributed by atoms with E-state index in [2.05, 4.69) is 27.4 Å². The van der Waals surface area contributed by atoms with Gasteiger partial charge >= 0.3 is 0 Å². The van der Waals surface area contributed by atoms with E-state index in [9.17, 15) is 9.59 Å². The summed E-state index contributed by atoms with van der Waals surface area (Å²) in [7, 11) is 4.06. The van der Waals surface area contributed by atoms with Crippen LogP contribution in [0.1, 0.15) is 78.1 Å². The standard InChI is InChI=1S/C29H42N4O2/c1-4-5-6-7-11-23-12-14-24(15-13-23)28(34)31-25-16-17-27(33-20-8-9-21-33)26(22-25)29(35)30-18-10-19-32(2)3/h12-17,22H,4-11,18-21H2,1-3H3,(H,30,35)(H,31,34). The normalized spacial score (nSPS) is 13.3. The maximum atomic E-state index is 13.1. The number of amides is 2. The van der Waals surface area contributed by atoms with E-state index in [4.69, 9.17) is 0 Å². The Labute approximate surface area is 211 Å². The Balaban J connectivity index is 1.66. The van der Waals surface area contributed by atoms with Gasteiger partial charge in [0.2, 0.25) is 0 Å². The molecule has 0 bridgehead atoms. The van der Waals surface area contributed by atoms with E-state index in [1.807, 2.05) is 56.6 Å². The van der Waals surface area contributed by atoms with Gasteiger partial charge in [-0.2, -0.15) is 0 Å². The molecule has 35 heavy (non-hydrogen) atoms. The summed E-state index contributed by atoms with van der Waals surface area (Å²) in [5, 5.41) is 6.04. The van der Waals surface area contributed by atoms with E-state index in [1.54, 1.807) is 0 Å². The van der Waals surface area contributed by atoms with Crippen LogP contribution in [0.2, 0.25) is 0 Å². The summed E-state index contributed by atoms with van der Waals surface area (Å²) < 4.78 is 0. The number of carbonyl (C=O) groups is 2. The molecular weight excluding hydrogens is 436 g/mol. The summed E-state index contributed by atoms with van der Waals surface area (Å²) in [5.41, 5.74) is 4.09. The molecule has 1 aliphatic rings. The minimum absolute atomic E-state index is 0.0887. The van der Waals surface area contributed by atoms with E-state index in [0.29, 0.717) is 23.4 Å². The second-order valence-corrected chi connectivity index (χ2v) is 9.80. The number of nitrogens with one attached hydrogen (secondary N) is 2. The molecule has 2 N–H and O–H groups in total. The molecule has 0 spiro atoms. The lowest BCUT2D eigenvalue weighted by atomic mass is 10.0. The fourth-order valence-electron chi connectivity index (χ4n) is 4.50. The molecule has 1 saturated heterocycles. The zero-order valence-corrected chi connectivity index (χ0v) is 21.7. The molecule has 0 unspecified atom stereocenters. The zero-order valence-electron chi connectivity index (χ0n) is 21.7. The minimum atomic E-state index is -0.159. The summed E-state index contributed by atoms with van der Waals surface area (Å²) in [6, 6.07) is 13.6. The minimum Gasteiger partial charge on any atom is -0.371 e. The summed E-state index contributed by atoms with van der Waals surface area (Å²) in [4.78, 5) is 30.3. The van der Waals surface area contributed by atoms with E-state index in [-0.39, 0.29) is 11.8 Å². The van der Waals surface area contributed by atoms with E-state index in [1.165, 1.54) is 31.2 Å². The highest BCUT2D eigenvalue weighted by atomic mass is 16.2. The summed E-state index contributed by atoms with van der Waals surface area (Å²) in [6.07, 6.45) is 9.15. The number of hydrogen-bond donors (Lipinski definition) is 2. The van der Waals surface area contributed by atoms with Crippen LogP contribution in [0.15, 0.2) is 42.5 Å². The highest BCUT2D eigenvalue weighted by Gasteiger charge is 2.20. The third kappa shape index (κ3) is 8.39. The smallest absolute Gasteiger partial charge is 0.255 e. The highest BCUT2D eigenvalue weighted by molar-refractivity contribution is 6.06. The average Bonchev–Trinajstić information content (AvgIpc) is 3.39. The Hall–Kier alpha value is -2.86. The van der Waals surface area contributed by atoms with Crippen molar-refractivity contribution in [1.29, 1.82) is 0 Å². The lowest BCUT2D eigenvalue weighted by molar-refractivity contribution is 0.0951. The first-order valence-electron chi connectivity index (χ1n) is 13.2. The van der Waals surface area contributed by atoms with E-state index >= 15 is 0 Å². The number of nitrogens with zero attached hydrogens (tertiary/aromatic N) is 2. The monoisotopic (exact) mass is 478 g/mol. The van der Waals surface area contributed by atoms with E-state index < -0.39 is 0 Å². The topological polar surface area (TPSA) is 64.7 Å². The van der Waals surface area contributed by atoms with Crippen molar-refractivity contribution in [3.8, 4) is 0 Å². The fraction of sp³-hybridized carbons (Fsp3) is 0.517. The van der Waals surface area contributed by atoms with Crippen molar-refractivity contribution in [1.82, 2.24) is 10.2 Å². The van der Waals surface area contributed by atoms with Crippen LogP contribution in [-0.4, -0.2) is 57.0 Å². The van der Waals surface area contributed by atoms with Crippen molar-refractivity contribution in [3.05, 3.63) is 59.2 Å². The number of anilines is 2. The summed E-state index contributed by atoms with van der Waals surface area (Å²) >= 11 is 0. The van der Waals surface area contributed by atoms with Crippen LogP contribution in [0.5, 0.6) is 0 Å².